The number of hydrogen-bond donors (Lipinski definition) is 0. The third-order valence-electron chi connectivity index (χ3n) is 2.66. The monoisotopic (exact) mass is 212 g/mol. The number of benzene rings is 1. The molecule has 0 saturated heterocycles. The largest absolute Gasteiger partial charge is 0.0961 e. The van der Waals surface area contributed by atoms with Crippen molar-refractivity contribution in [2.45, 2.75) is 26.7 Å². The van der Waals surface area contributed by atoms with Crippen molar-refractivity contribution in [1.82, 2.24) is 0 Å². The van der Waals surface area contributed by atoms with Gasteiger partial charge in [0.2, 0.25) is 0 Å². The van der Waals surface area contributed by atoms with Gasteiger partial charge in [-0.05, 0) is 25.0 Å². The molecule has 0 N–H and O–H groups in total. The number of hydrogen-bond acceptors (Lipinski definition) is 0. The third kappa shape index (κ3) is 3.23. The summed E-state index contributed by atoms with van der Waals surface area (Å²) in [5, 5.41) is 0. The van der Waals surface area contributed by atoms with E-state index < -0.39 is 0 Å². The van der Waals surface area contributed by atoms with Gasteiger partial charge in [-0.3, -0.25) is 0 Å². The lowest BCUT2D eigenvalue weighted by Gasteiger charge is -2.17. The molecule has 1 aromatic carbocycles. The van der Waals surface area contributed by atoms with Crippen LogP contribution >= 0.6 is 0 Å². The molecule has 1 aromatic rings. The van der Waals surface area contributed by atoms with Gasteiger partial charge in [0.05, 0.1) is 0 Å². The Balaban J connectivity index is 3.06. The summed E-state index contributed by atoms with van der Waals surface area (Å²) in [4.78, 5) is 0. The van der Waals surface area contributed by atoms with Crippen LogP contribution in [0.15, 0.2) is 66.3 Å². The van der Waals surface area contributed by atoms with Gasteiger partial charge in [0.25, 0.3) is 0 Å². The van der Waals surface area contributed by atoms with Crippen molar-refractivity contribution in [3.63, 3.8) is 0 Å². The number of allylic oxidation sites excluding steroid dienone is 4. The molecule has 1 rings (SSSR count). The molecule has 0 aliphatic rings. The van der Waals surface area contributed by atoms with Crippen LogP contribution in [0.5, 0.6) is 0 Å². The summed E-state index contributed by atoms with van der Waals surface area (Å²) in [6.07, 6.45) is 2.12. The van der Waals surface area contributed by atoms with Crippen LogP contribution < -0.4 is 0 Å². The zero-order valence-corrected chi connectivity index (χ0v) is 10.5. The molecule has 1 atom stereocenters. The molecule has 0 aliphatic heterocycles. The van der Waals surface area contributed by atoms with Crippen LogP contribution in [-0.2, 0) is 0 Å². The first-order chi connectivity index (χ1) is 7.52. The molecular formula is C16H20. The molecule has 1 unspecified atom stereocenters. The molecule has 0 aliphatic carbocycles. The lowest BCUT2D eigenvalue weighted by molar-refractivity contribution is 0.901. The van der Waals surface area contributed by atoms with Gasteiger partial charge in [0.1, 0.15) is 0 Å². The van der Waals surface area contributed by atoms with Gasteiger partial charge >= 0.3 is 0 Å². The summed E-state index contributed by atoms with van der Waals surface area (Å²) in [6, 6.07) is 10.5. The molecule has 0 saturated carbocycles. The molecule has 0 heteroatoms. The van der Waals surface area contributed by atoms with Crippen LogP contribution in [0.1, 0.15) is 32.3 Å². The van der Waals surface area contributed by atoms with E-state index in [0.29, 0.717) is 5.92 Å². The second kappa shape index (κ2) is 5.50. The van der Waals surface area contributed by atoms with Gasteiger partial charge in [-0.1, -0.05) is 67.6 Å². The summed E-state index contributed by atoms with van der Waals surface area (Å²) in [7, 11) is 0. The maximum atomic E-state index is 4.05. The Bertz CT molecular complexity index is 407. The fourth-order valence-electron chi connectivity index (χ4n) is 1.80. The maximum absolute atomic E-state index is 4.05. The van der Waals surface area contributed by atoms with Crippen molar-refractivity contribution < 1.29 is 0 Å². The molecule has 0 heterocycles. The summed E-state index contributed by atoms with van der Waals surface area (Å²) in [5.74, 6) is 0.371. The van der Waals surface area contributed by atoms with Crippen molar-refractivity contribution in [2.24, 2.45) is 0 Å². The zero-order chi connectivity index (χ0) is 12.1. The Morgan fingerprint density at radius 1 is 1.12 bits per heavy atom. The van der Waals surface area contributed by atoms with E-state index in [4.69, 9.17) is 0 Å². The first kappa shape index (κ1) is 12.5. The Hall–Kier alpha value is -1.56. The summed E-state index contributed by atoms with van der Waals surface area (Å²) in [6.45, 7) is 14.3. The van der Waals surface area contributed by atoms with E-state index >= 15 is 0 Å². The molecule has 0 amide bonds. The van der Waals surface area contributed by atoms with Crippen molar-refractivity contribution in [2.75, 3.05) is 0 Å². The standard InChI is InChI=1S/C16H20/c1-12(2)11-16(13(3)4)14(5)15-9-7-6-8-10-15/h6-11,14H,1,3H2,2,4-5H3/b16-11+. The van der Waals surface area contributed by atoms with E-state index in [1.807, 2.05) is 19.9 Å². The molecule has 0 bridgehead atoms. The normalized spacial score (nSPS) is 13.3. The molecule has 0 spiro atoms. The summed E-state index contributed by atoms with van der Waals surface area (Å²) < 4.78 is 0. The molecule has 0 aromatic heterocycles. The van der Waals surface area contributed by atoms with Crippen LogP contribution in [0, 0.1) is 0 Å². The Labute approximate surface area is 99.0 Å². The van der Waals surface area contributed by atoms with Crippen molar-refractivity contribution in [1.29, 1.82) is 0 Å². The van der Waals surface area contributed by atoms with E-state index in [1.165, 1.54) is 11.1 Å². The Morgan fingerprint density at radius 2 is 1.69 bits per heavy atom. The van der Waals surface area contributed by atoms with Crippen molar-refractivity contribution >= 4 is 0 Å². The summed E-state index contributed by atoms with van der Waals surface area (Å²) >= 11 is 0. The molecular weight excluding hydrogens is 192 g/mol. The minimum absolute atomic E-state index is 0.371. The fraction of sp³-hybridized carbons (Fsp3) is 0.250. The van der Waals surface area contributed by atoms with Gasteiger partial charge < -0.3 is 0 Å². The fourth-order valence-corrected chi connectivity index (χ4v) is 1.80. The minimum atomic E-state index is 0.371. The third-order valence-corrected chi connectivity index (χ3v) is 2.66. The summed E-state index contributed by atoms with van der Waals surface area (Å²) in [5.41, 5.74) is 4.76. The first-order valence-electron chi connectivity index (χ1n) is 5.60. The van der Waals surface area contributed by atoms with E-state index in [-0.39, 0.29) is 0 Å². The minimum Gasteiger partial charge on any atom is -0.0961 e. The zero-order valence-electron chi connectivity index (χ0n) is 10.5. The average molecular weight is 212 g/mol. The van der Waals surface area contributed by atoms with E-state index in [2.05, 4.69) is 50.4 Å². The first-order valence-corrected chi connectivity index (χ1v) is 5.60. The highest BCUT2D eigenvalue weighted by Crippen LogP contribution is 2.28. The van der Waals surface area contributed by atoms with Crippen LogP contribution in [0.25, 0.3) is 0 Å². The smallest absolute Gasteiger partial charge is 0.00635 e. The van der Waals surface area contributed by atoms with Gasteiger partial charge in [0, 0.05) is 5.92 Å². The molecule has 0 radical (unpaired) electrons. The van der Waals surface area contributed by atoms with Crippen molar-refractivity contribution in [3.05, 3.63) is 71.8 Å². The van der Waals surface area contributed by atoms with Gasteiger partial charge in [-0.15, -0.1) is 0 Å². The van der Waals surface area contributed by atoms with Gasteiger partial charge in [-0.25, -0.2) is 0 Å². The van der Waals surface area contributed by atoms with Crippen LogP contribution in [0.4, 0.5) is 0 Å². The predicted octanol–water partition coefficient (Wildman–Crippen LogP) is 4.87. The molecule has 0 nitrogen and oxygen atoms in total. The Morgan fingerprint density at radius 3 is 2.12 bits per heavy atom. The average Bonchev–Trinajstić information content (AvgIpc) is 2.25. The number of rotatable bonds is 4. The van der Waals surface area contributed by atoms with Crippen LogP contribution in [0.2, 0.25) is 0 Å². The SMILES string of the molecule is C=C(C)/C=C(\C(=C)C)C(C)c1ccccc1. The molecule has 16 heavy (non-hydrogen) atoms. The lowest BCUT2D eigenvalue weighted by atomic mass is 9.88. The predicted molar refractivity (Wildman–Crippen MR) is 72.6 cm³/mol. The highest BCUT2D eigenvalue weighted by atomic mass is 14.2. The second-order valence-corrected chi connectivity index (χ2v) is 4.36. The van der Waals surface area contributed by atoms with E-state index in [9.17, 15) is 0 Å². The highest BCUT2D eigenvalue weighted by Gasteiger charge is 2.11. The van der Waals surface area contributed by atoms with E-state index in [1.54, 1.807) is 0 Å². The highest BCUT2D eigenvalue weighted by molar-refractivity contribution is 5.41. The maximum Gasteiger partial charge on any atom is 0.00635 e. The topological polar surface area (TPSA) is 0 Å². The molecule has 84 valence electrons. The van der Waals surface area contributed by atoms with E-state index in [0.717, 1.165) is 11.1 Å². The molecule has 0 fully saturated rings. The van der Waals surface area contributed by atoms with Crippen LogP contribution in [-0.4, -0.2) is 0 Å². The van der Waals surface area contributed by atoms with Crippen molar-refractivity contribution in [3.8, 4) is 0 Å². The van der Waals surface area contributed by atoms with Crippen LogP contribution in [0.3, 0.4) is 0 Å². The second-order valence-electron chi connectivity index (χ2n) is 4.36. The quantitative estimate of drug-likeness (QED) is 0.625. The lowest BCUT2D eigenvalue weighted by Crippen LogP contribution is -1.99. The van der Waals surface area contributed by atoms with Gasteiger partial charge in [-0.2, -0.15) is 0 Å². The van der Waals surface area contributed by atoms with Gasteiger partial charge in [0.15, 0.2) is 0 Å². The Kier molecular flexibility index (Phi) is 4.30.